The maximum Gasteiger partial charge on any atom is 0.122 e. The maximum atomic E-state index is 5.87. The number of halogens is 1. The minimum absolute atomic E-state index is 0.666. The average Bonchev–Trinajstić information content (AvgIpc) is 2.22. The van der Waals surface area contributed by atoms with Gasteiger partial charge in [-0.3, -0.25) is 0 Å². The highest BCUT2D eigenvalue weighted by Crippen LogP contribution is 2.21. The van der Waals surface area contributed by atoms with E-state index in [9.17, 15) is 0 Å². The molecule has 2 N–H and O–H groups in total. The highest BCUT2D eigenvalue weighted by Gasteiger charge is 2.01. The van der Waals surface area contributed by atoms with Gasteiger partial charge in [0.05, 0.1) is 0 Å². The van der Waals surface area contributed by atoms with E-state index in [1.165, 1.54) is 0 Å². The molecule has 0 aromatic heterocycles. The third kappa shape index (κ3) is 4.39. The summed E-state index contributed by atoms with van der Waals surface area (Å²) in [7, 11) is 2.03. The van der Waals surface area contributed by atoms with Crippen LogP contribution >= 0.6 is 11.6 Å². The fourth-order valence-corrected chi connectivity index (χ4v) is 1.65. The van der Waals surface area contributed by atoms with Crippen molar-refractivity contribution in [2.24, 2.45) is 5.73 Å². The standard InChI is InChI=1S/C12H19ClN2O/c1-10-9-11(13)3-4-12(10)16-8-7-15(2)6-5-14/h3-4,9H,5-8,14H2,1-2H3. The molecule has 0 amide bonds. The Balaban J connectivity index is 2.37. The van der Waals surface area contributed by atoms with E-state index in [1.807, 2.05) is 32.2 Å². The van der Waals surface area contributed by atoms with Gasteiger partial charge in [-0.15, -0.1) is 0 Å². The number of nitrogens with zero attached hydrogens (tertiary/aromatic N) is 1. The van der Waals surface area contributed by atoms with Gasteiger partial charge in [0.15, 0.2) is 0 Å². The van der Waals surface area contributed by atoms with Gasteiger partial charge in [-0.25, -0.2) is 0 Å². The smallest absolute Gasteiger partial charge is 0.122 e. The normalized spacial score (nSPS) is 10.8. The summed E-state index contributed by atoms with van der Waals surface area (Å²) < 4.78 is 5.67. The highest BCUT2D eigenvalue weighted by atomic mass is 35.5. The van der Waals surface area contributed by atoms with Gasteiger partial charge in [-0.1, -0.05) is 11.6 Å². The molecule has 0 aliphatic heterocycles. The summed E-state index contributed by atoms with van der Waals surface area (Å²) in [4.78, 5) is 2.14. The van der Waals surface area contributed by atoms with Gasteiger partial charge in [0.2, 0.25) is 0 Å². The number of ether oxygens (including phenoxy) is 1. The van der Waals surface area contributed by atoms with Crippen LogP contribution in [0.4, 0.5) is 0 Å². The van der Waals surface area contributed by atoms with Crippen molar-refractivity contribution in [3.8, 4) is 5.75 Å². The van der Waals surface area contributed by atoms with E-state index in [4.69, 9.17) is 22.1 Å². The van der Waals surface area contributed by atoms with Crippen LogP contribution < -0.4 is 10.5 Å². The molecular formula is C12H19ClN2O. The number of aryl methyl sites for hydroxylation is 1. The zero-order chi connectivity index (χ0) is 12.0. The summed E-state index contributed by atoms with van der Waals surface area (Å²) in [5, 5.41) is 0.741. The molecule has 1 aromatic rings. The van der Waals surface area contributed by atoms with Crippen molar-refractivity contribution in [3.05, 3.63) is 28.8 Å². The highest BCUT2D eigenvalue weighted by molar-refractivity contribution is 6.30. The molecule has 0 bridgehead atoms. The number of likely N-dealkylation sites (N-methyl/N-ethyl adjacent to an activating group) is 1. The summed E-state index contributed by atoms with van der Waals surface area (Å²) in [6.45, 7) is 5.10. The molecule has 1 rings (SSSR count). The van der Waals surface area contributed by atoms with Gasteiger partial charge in [0.25, 0.3) is 0 Å². The first-order valence-corrected chi connectivity index (χ1v) is 5.79. The van der Waals surface area contributed by atoms with Crippen LogP contribution in [0.2, 0.25) is 5.02 Å². The molecule has 0 unspecified atom stereocenters. The molecule has 0 aliphatic rings. The van der Waals surface area contributed by atoms with Gasteiger partial charge in [-0.2, -0.15) is 0 Å². The minimum atomic E-state index is 0.666. The molecule has 0 aliphatic carbocycles. The van der Waals surface area contributed by atoms with E-state index in [2.05, 4.69) is 4.90 Å². The second kappa shape index (κ2) is 6.74. The Morgan fingerprint density at radius 1 is 1.38 bits per heavy atom. The first-order valence-electron chi connectivity index (χ1n) is 5.41. The van der Waals surface area contributed by atoms with Crippen LogP contribution in [0, 0.1) is 6.92 Å². The van der Waals surface area contributed by atoms with Crippen molar-refractivity contribution in [1.82, 2.24) is 4.90 Å². The largest absolute Gasteiger partial charge is 0.492 e. The van der Waals surface area contributed by atoms with Crippen molar-refractivity contribution in [2.45, 2.75) is 6.92 Å². The van der Waals surface area contributed by atoms with E-state index >= 15 is 0 Å². The summed E-state index contributed by atoms with van der Waals surface area (Å²) >= 11 is 5.87. The Kier molecular flexibility index (Phi) is 5.60. The van der Waals surface area contributed by atoms with E-state index in [0.717, 1.165) is 29.4 Å². The van der Waals surface area contributed by atoms with Crippen LogP contribution in [0.5, 0.6) is 5.75 Å². The first kappa shape index (κ1) is 13.3. The first-order chi connectivity index (χ1) is 7.63. The number of rotatable bonds is 6. The summed E-state index contributed by atoms with van der Waals surface area (Å²) in [6, 6.07) is 5.65. The number of nitrogens with two attached hydrogens (primary N) is 1. The molecule has 0 radical (unpaired) electrons. The van der Waals surface area contributed by atoms with E-state index in [1.54, 1.807) is 0 Å². The van der Waals surface area contributed by atoms with Gasteiger partial charge in [0, 0.05) is 24.7 Å². The van der Waals surface area contributed by atoms with Crippen molar-refractivity contribution in [3.63, 3.8) is 0 Å². The Morgan fingerprint density at radius 2 is 2.12 bits per heavy atom. The predicted octanol–water partition coefficient (Wildman–Crippen LogP) is 1.92. The molecule has 0 fully saturated rings. The molecule has 3 nitrogen and oxygen atoms in total. The summed E-state index contributed by atoms with van der Waals surface area (Å²) in [6.07, 6.45) is 0. The molecule has 0 heterocycles. The molecule has 0 saturated heterocycles. The Morgan fingerprint density at radius 3 is 2.75 bits per heavy atom. The zero-order valence-corrected chi connectivity index (χ0v) is 10.6. The SMILES string of the molecule is Cc1cc(Cl)ccc1OCCN(C)CCN. The van der Waals surface area contributed by atoms with Gasteiger partial charge >= 0.3 is 0 Å². The third-order valence-corrected chi connectivity index (χ3v) is 2.61. The fraction of sp³-hybridized carbons (Fsp3) is 0.500. The molecule has 16 heavy (non-hydrogen) atoms. The Labute approximate surface area is 102 Å². The topological polar surface area (TPSA) is 38.5 Å². The van der Waals surface area contributed by atoms with Gasteiger partial charge in [-0.05, 0) is 37.7 Å². The Bertz CT molecular complexity index is 331. The van der Waals surface area contributed by atoms with Crippen LogP contribution in [0.1, 0.15) is 5.56 Å². The molecule has 90 valence electrons. The lowest BCUT2D eigenvalue weighted by atomic mass is 10.2. The van der Waals surface area contributed by atoms with Crippen LogP contribution in [0.3, 0.4) is 0 Å². The predicted molar refractivity (Wildman–Crippen MR) is 68.2 cm³/mol. The number of hydrogen-bond acceptors (Lipinski definition) is 3. The summed E-state index contributed by atoms with van der Waals surface area (Å²) in [5.74, 6) is 0.894. The van der Waals surface area contributed by atoms with E-state index in [-0.39, 0.29) is 0 Å². The fourth-order valence-electron chi connectivity index (χ4n) is 1.42. The van der Waals surface area contributed by atoms with Crippen molar-refractivity contribution in [2.75, 3.05) is 33.3 Å². The number of hydrogen-bond donors (Lipinski definition) is 1. The summed E-state index contributed by atoms with van der Waals surface area (Å²) in [5.41, 5.74) is 6.52. The van der Waals surface area contributed by atoms with Gasteiger partial charge < -0.3 is 15.4 Å². The zero-order valence-electron chi connectivity index (χ0n) is 9.87. The Hall–Kier alpha value is -0.770. The van der Waals surface area contributed by atoms with Crippen LogP contribution in [0.15, 0.2) is 18.2 Å². The van der Waals surface area contributed by atoms with Crippen LogP contribution in [0.25, 0.3) is 0 Å². The molecule has 0 saturated carbocycles. The molecule has 0 atom stereocenters. The van der Waals surface area contributed by atoms with E-state index in [0.29, 0.717) is 13.2 Å². The van der Waals surface area contributed by atoms with Crippen molar-refractivity contribution < 1.29 is 4.74 Å². The molecule has 1 aromatic carbocycles. The third-order valence-electron chi connectivity index (χ3n) is 2.38. The molecule has 4 heteroatoms. The number of benzene rings is 1. The maximum absolute atomic E-state index is 5.87. The van der Waals surface area contributed by atoms with Crippen molar-refractivity contribution in [1.29, 1.82) is 0 Å². The van der Waals surface area contributed by atoms with Crippen molar-refractivity contribution >= 4 is 11.6 Å². The minimum Gasteiger partial charge on any atom is -0.492 e. The second-order valence-corrected chi connectivity index (χ2v) is 4.29. The van der Waals surface area contributed by atoms with E-state index < -0.39 is 0 Å². The second-order valence-electron chi connectivity index (χ2n) is 3.85. The lowest BCUT2D eigenvalue weighted by Gasteiger charge is -2.16. The average molecular weight is 243 g/mol. The van der Waals surface area contributed by atoms with Crippen LogP contribution in [-0.2, 0) is 0 Å². The molecular weight excluding hydrogens is 224 g/mol. The lowest BCUT2D eigenvalue weighted by molar-refractivity contribution is 0.240. The quantitative estimate of drug-likeness (QED) is 0.829. The lowest BCUT2D eigenvalue weighted by Crippen LogP contribution is -2.29. The van der Waals surface area contributed by atoms with Crippen LogP contribution in [-0.4, -0.2) is 38.2 Å². The molecule has 0 spiro atoms. The monoisotopic (exact) mass is 242 g/mol. The van der Waals surface area contributed by atoms with Gasteiger partial charge in [0.1, 0.15) is 12.4 Å².